The molecule has 104 valence electrons. The number of nitrogens with zero attached hydrogens (tertiary/aromatic N) is 1. The van der Waals surface area contributed by atoms with Crippen LogP contribution in [-0.2, 0) is 10.1 Å². The largest absolute Gasteiger partial charge is 0.457 e. The van der Waals surface area contributed by atoms with E-state index in [9.17, 15) is 18.5 Å². The third kappa shape index (κ3) is 3.31. The predicted molar refractivity (Wildman–Crippen MR) is 70.0 cm³/mol. The van der Waals surface area contributed by atoms with Crippen LogP contribution in [0.2, 0.25) is 0 Å². The molecule has 2 aromatic rings. The summed E-state index contributed by atoms with van der Waals surface area (Å²) in [6, 6.07) is 8.54. The summed E-state index contributed by atoms with van der Waals surface area (Å²) in [5, 5.41) is 10.2. The minimum absolute atomic E-state index is 0.221. The third-order valence-corrected chi connectivity index (χ3v) is 3.29. The first-order valence-electron chi connectivity index (χ1n) is 5.36. The van der Waals surface area contributed by atoms with Gasteiger partial charge in [-0.15, -0.1) is 0 Å². The van der Waals surface area contributed by atoms with Gasteiger partial charge in [-0.25, -0.2) is 0 Å². The molecule has 0 aliphatic carbocycles. The van der Waals surface area contributed by atoms with Crippen molar-refractivity contribution < 1.29 is 22.3 Å². The van der Waals surface area contributed by atoms with E-state index >= 15 is 0 Å². The van der Waals surface area contributed by atoms with Crippen molar-refractivity contribution in [3.05, 3.63) is 58.5 Å². The predicted octanol–water partition coefficient (Wildman–Crippen LogP) is 2.44. The van der Waals surface area contributed by atoms with Gasteiger partial charge in [0.25, 0.3) is 10.1 Å². The van der Waals surface area contributed by atoms with Gasteiger partial charge < -0.3 is 4.42 Å². The number of nitro groups is 1. The van der Waals surface area contributed by atoms with Crippen LogP contribution >= 0.6 is 0 Å². The molecule has 20 heavy (non-hydrogen) atoms. The molecule has 2 rings (SSSR count). The minimum Gasteiger partial charge on any atom is -0.457 e. The first kappa shape index (κ1) is 14.0. The van der Waals surface area contributed by atoms with Gasteiger partial charge in [-0.05, 0) is 36.4 Å². The maximum absolute atomic E-state index is 10.9. The second-order valence-electron chi connectivity index (χ2n) is 3.80. The van der Waals surface area contributed by atoms with Gasteiger partial charge in [-0.1, -0.05) is 0 Å². The molecule has 0 aliphatic rings. The van der Waals surface area contributed by atoms with Crippen molar-refractivity contribution in [3.63, 3.8) is 0 Å². The highest BCUT2D eigenvalue weighted by Gasteiger charge is 2.10. The quantitative estimate of drug-likeness (QED) is 0.527. The molecular formula is C12H9NO6S. The van der Waals surface area contributed by atoms with Crippen LogP contribution < -0.4 is 0 Å². The number of hydrogen-bond donors (Lipinski definition) is 1. The van der Waals surface area contributed by atoms with E-state index in [1.54, 1.807) is 12.1 Å². The standard InChI is InChI=1S/C12H9NO6S/c14-13(15)8-7-10-3-6-12(19-10)9-1-4-11(5-2-9)20(16,17)18/h1-8H,(H,16,17,18)/b8-7+. The molecule has 0 spiro atoms. The van der Waals surface area contributed by atoms with Crippen LogP contribution in [-0.4, -0.2) is 17.9 Å². The van der Waals surface area contributed by atoms with E-state index in [4.69, 9.17) is 8.97 Å². The van der Waals surface area contributed by atoms with E-state index in [0.717, 1.165) is 6.20 Å². The number of benzene rings is 1. The fourth-order valence-corrected chi connectivity index (χ4v) is 2.00. The number of hydrogen-bond acceptors (Lipinski definition) is 5. The van der Waals surface area contributed by atoms with E-state index in [1.165, 1.54) is 30.3 Å². The van der Waals surface area contributed by atoms with Gasteiger partial charge in [-0.2, -0.15) is 8.42 Å². The van der Waals surface area contributed by atoms with Crippen LogP contribution in [0.4, 0.5) is 0 Å². The summed E-state index contributed by atoms with van der Waals surface area (Å²) in [4.78, 5) is 9.35. The van der Waals surface area contributed by atoms with E-state index in [0.29, 0.717) is 17.1 Å². The monoisotopic (exact) mass is 295 g/mol. The Balaban J connectivity index is 2.27. The maximum Gasteiger partial charge on any atom is 0.294 e. The molecule has 0 fully saturated rings. The molecule has 0 saturated carbocycles. The van der Waals surface area contributed by atoms with Crippen LogP contribution in [0.5, 0.6) is 0 Å². The molecule has 0 unspecified atom stereocenters. The highest BCUT2D eigenvalue weighted by atomic mass is 32.2. The Morgan fingerprint density at radius 3 is 2.35 bits per heavy atom. The summed E-state index contributed by atoms with van der Waals surface area (Å²) >= 11 is 0. The Kier molecular flexibility index (Phi) is 3.68. The van der Waals surface area contributed by atoms with Gasteiger partial charge in [0.15, 0.2) is 0 Å². The molecule has 0 aliphatic heterocycles. The average molecular weight is 295 g/mol. The SMILES string of the molecule is O=[N+]([O-])/C=C/c1ccc(-c2ccc(S(=O)(=O)O)cc2)o1. The third-order valence-electron chi connectivity index (χ3n) is 2.42. The van der Waals surface area contributed by atoms with Crippen LogP contribution in [0.25, 0.3) is 17.4 Å². The normalized spacial score (nSPS) is 11.8. The first-order chi connectivity index (χ1) is 9.36. The second-order valence-corrected chi connectivity index (χ2v) is 5.22. The van der Waals surface area contributed by atoms with E-state index in [1.807, 2.05) is 0 Å². The molecule has 1 aromatic heterocycles. The molecule has 0 radical (unpaired) electrons. The van der Waals surface area contributed by atoms with Crippen molar-refractivity contribution in [3.8, 4) is 11.3 Å². The molecule has 1 aromatic carbocycles. The fraction of sp³-hybridized carbons (Fsp3) is 0. The average Bonchev–Trinajstić information content (AvgIpc) is 2.84. The summed E-state index contributed by atoms with van der Waals surface area (Å²) in [5.41, 5.74) is 0.582. The van der Waals surface area contributed by atoms with Crippen molar-refractivity contribution in [1.29, 1.82) is 0 Å². The molecule has 1 heterocycles. The Labute approximate surface area is 114 Å². The van der Waals surface area contributed by atoms with Crippen LogP contribution in [0.1, 0.15) is 5.76 Å². The van der Waals surface area contributed by atoms with Crippen LogP contribution in [0.15, 0.2) is 51.9 Å². The van der Waals surface area contributed by atoms with Gasteiger partial charge in [-0.3, -0.25) is 14.7 Å². The zero-order chi connectivity index (χ0) is 14.8. The van der Waals surface area contributed by atoms with Crippen molar-refractivity contribution in [2.75, 3.05) is 0 Å². The first-order valence-corrected chi connectivity index (χ1v) is 6.80. The van der Waals surface area contributed by atoms with E-state index in [2.05, 4.69) is 0 Å². The Morgan fingerprint density at radius 2 is 1.80 bits per heavy atom. The smallest absolute Gasteiger partial charge is 0.294 e. The summed E-state index contributed by atoms with van der Waals surface area (Å²) in [6.07, 6.45) is 1.96. The van der Waals surface area contributed by atoms with Crippen molar-refractivity contribution in [2.45, 2.75) is 4.90 Å². The molecule has 0 saturated heterocycles. The van der Waals surface area contributed by atoms with Crippen molar-refractivity contribution in [1.82, 2.24) is 0 Å². The second kappa shape index (κ2) is 5.27. The topological polar surface area (TPSA) is 111 Å². The summed E-state index contributed by atoms with van der Waals surface area (Å²) in [5.74, 6) is 0.727. The van der Waals surface area contributed by atoms with Crippen LogP contribution in [0, 0.1) is 10.1 Å². The number of rotatable bonds is 4. The lowest BCUT2D eigenvalue weighted by molar-refractivity contribution is -0.401. The summed E-state index contributed by atoms with van der Waals surface area (Å²) in [7, 11) is -4.23. The van der Waals surface area contributed by atoms with Crippen molar-refractivity contribution >= 4 is 16.2 Å². The lowest BCUT2D eigenvalue weighted by Gasteiger charge is -1.99. The van der Waals surface area contributed by atoms with Crippen molar-refractivity contribution in [2.24, 2.45) is 0 Å². The highest BCUT2D eigenvalue weighted by Crippen LogP contribution is 2.24. The van der Waals surface area contributed by atoms with E-state index in [-0.39, 0.29) is 4.90 Å². The van der Waals surface area contributed by atoms with Crippen LogP contribution in [0.3, 0.4) is 0 Å². The Morgan fingerprint density at radius 1 is 1.15 bits per heavy atom. The molecule has 0 amide bonds. The molecule has 1 N–H and O–H groups in total. The minimum atomic E-state index is -4.23. The van der Waals surface area contributed by atoms with Gasteiger partial charge >= 0.3 is 0 Å². The lowest BCUT2D eigenvalue weighted by Crippen LogP contribution is -1.96. The summed E-state index contributed by atoms with van der Waals surface area (Å²) in [6.45, 7) is 0. The van der Waals surface area contributed by atoms with Gasteiger partial charge in [0.1, 0.15) is 11.5 Å². The Hall–Kier alpha value is -2.45. The van der Waals surface area contributed by atoms with Gasteiger partial charge in [0.05, 0.1) is 15.9 Å². The zero-order valence-corrected chi connectivity index (χ0v) is 10.8. The fourth-order valence-electron chi connectivity index (χ4n) is 1.52. The molecule has 0 atom stereocenters. The zero-order valence-electron chi connectivity index (χ0n) is 9.96. The Bertz CT molecular complexity index is 758. The molecule has 7 nitrogen and oxygen atoms in total. The van der Waals surface area contributed by atoms with Gasteiger partial charge in [0.2, 0.25) is 6.20 Å². The summed E-state index contributed by atoms with van der Waals surface area (Å²) < 4.78 is 36.0. The van der Waals surface area contributed by atoms with Gasteiger partial charge in [0, 0.05) is 5.56 Å². The molecular weight excluding hydrogens is 286 g/mol. The lowest BCUT2D eigenvalue weighted by atomic mass is 10.2. The molecule has 0 bridgehead atoms. The highest BCUT2D eigenvalue weighted by molar-refractivity contribution is 7.85. The maximum atomic E-state index is 10.9. The molecule has 8 heteroatoms. The van der Waals surface area contributed by atoms with E-state index < -0.39 is 15.0 Å². The number of furan rings is 1.